The first-order chi connectivity index (χ1) is 6.24. The van der Waals surface area contributed by atoms with Crippen LogP contribution in [0.25, 0.3) is 0 Å². The lowest BCUT2D eigenvalue weighted by Crippen LogP contribution is -2.06. The minimum atomic E-state index is 0.301. The Hall–Kier alpha value is -0.970. The fourth-order valence-electron chi connectivity index (χ4n) is 0.837. The van der Waals surface area contributed by atoms with Crippen molar-refractivity contribution in [3.8, 4) is 0 Å². The molecule has 0 aliphatic rings. The molecule has 1 rings (SSSR count). The number of aromatic nitrogens is 2. The maximum Gasteiger partial charge on any atom is 0.191 e. The molecule has 0 aromatic carbocycles. The highest BCUT2D eigenvalue weighted by Gasteiger charge is 2.02. The van der Waals surface area contributed by atoms with Gasteiger partial charge in [0, 0.05) is 19.4 Å². The van der Waals surface area contributed by atoms with Crippen molar-refractivity contribution in [2.45, 2.75) is 12.1 Å². The molecule has 0 unspecified atom stereocenters. The Labute approximate surface area is 81.8 Å². The molecule has 1 aromatic heterocycles. The van der Waals surface area contributed by atoms with Gasteiger partial charge in [-0.15, -0.1) is 0 Å². The average molecular weight is 199 g/mol. The number of nitrogens with zero attached hydrogens (tertiary/aromatic N) is 2. The van der Waals surface area contributed by atoms with Crippen LogP contribution in [0.2, 0.25) is 0 Å². The van der Waals surface area contributed by atoms with Crippen LogP contribution in [0.15, 0.2) is 17.6 Å². The highest BCUT2D eigenvalue weighted by molar-refractivity contribution is 7.99. The normalized spacial score (nSPS) is 10.0. The number of nitrogens with one attached hydrogen (secondary N) is 1. The molecule has 0 atom stereocenters. The molecule has 0 aliphatic carbocycles. The summed E-state index contributed by atoms with van der Waals surface area (Å²) in [5.74, 6) is 0.842. The molecule has 0 amide bonds. The van der Waals surface area contributed by atoms with Crippen LogP contribution in [-0.4, -0.2) is 27.8 Å². The Kier molecular flexibility index (Phi) is 3.82. The Morgan fingerprint density at radius 2 is 2.54 bits per heavy atom. The third-order valence-corrected chi connectivity index (χ3v) is 2.49. The number of imidazole rings is 1. The van der Waals surface area contributed by atoms with Crippen LogP contribution in [-0.2, 0) is 11.8 Å². The second-order valence-electron chi connectivity index (χ2n) is 2.47. The summed E-state index contributed by atoms with van der Waals surface area (Å²) in [6, 6.07) is 0. The summed E-state index contributed by atoms with van der Waals surface area (Å²) in [5, 5.41) is 8.29. The molecule has 0 bridgehead atoms. The predicted molar refractivity (Wildman–Crippen MR) is 53.3 cm³/mol. The molecule has 72 valence electrons. The van der Waals surface area contributed by atoms with Crippen LogP contribution < -0.4 is 0 Å². The van der Waals surface area contributed by atoms with Crippen LogP contribution in [0.4, 0.5) is 0 Å². The first-order valence-corrected chi connectivity index (χ1v) is 5.03. The minimum Gasteiger partial charge on any atom is -0.481 e. The molecule has 0 aliphatic heterocycles. The lowest BCUT2D eigenvalue weighted by atomic mass is 10.7. The van der Waals surface area contributed by atoms with E-state index in [2.05, 4.69) is 4.98 Å². The Morgan fingerprint density at radius 3 is 3.08 bits per heavy atom. The number of aryl methyl sites for hydroxylation is 1. The number of ether oxygens (including phenoxy) is 1. The van der Waals surface area contributed by atoms with Crippen molar-refractivity contribution in [3.05, 3.63) is 12.4 Å². The van der Waals surface area contributed by atoms with Gasteiger partial charge in [0.05, 0.1) is 12.4 Å². The van der Waals surface area contributed by atoms with Gasteiger partial charge in [-0.05, 0) is 6.92 Å². The molecule has 4 nitrogen and oxygen atoms in total. The first kappa shape index (κ1) is 10.1. The summed E-state index contributed by atoms with van der Waals surface area (Å²) in [6.45, 7) is 2.43. The van der Waals surface area contributed by atoms with E-state index in [1.54, 1.807) is 6.20 Å². The SMILES string of the molecule is CCOC(=N)CSc1nccn1C. The van der Waals surface area contributed by atoms with Gasteiger partial charge in [0.2, 0.25) is 0 Å². The second-order valence-corrected chi connectivity index (χ2v) is 3.41. The van der Waals surface area contributed by atoms with E-state index < -0.39 is 0 Å². The van der Waals surface area contributed by atoms with Gasteiger partial charge in [-0.3, -0.25) is 5.41 Å². The molecule has 0 saturated heterocycles. The molecule has 0 saturated carbocycles. The second kappa shape index (κ2) is 4.91. The largest absolute Gasteiger partial charge is 0.481 e. The summed E-state index contributed by atoms with van der Waals surface area (Å²) in [6.07, 6.45) is 3.62. The summed E-state index contributed by atoms with van der Waals surface area (Å²) in [5.41, 5.74) is 0. The fraction of sp³-hybridized carbons (Fsp3) is 0.500. The highest BCUT2D eigenvalue weighted by atomic mass is 32.2. The van der Waals surface area contributed by atoms with E-state index in [-0.39, 0.29) is 0 Å². The minimum absolute atomic E-state index is 0.301. The quantitative estimate of drug-likeness (QED) is 0.454. The molecular weight excluding hydrogens is 186 g/mol. The molecule has 0 fully saturated rings. The lowest BCUT2D eigenvalue weighted by molar-refractivity contribution is 0.322. The van der Waals surface area contributed by atoms with Crippen molar-refractivity contribution in [2.75, 3.05) is 12.4 Å². The van der Waals surface area contributed by atoms with Gasteiger partial charge in [-0.25, -0.2) is 4.98 Å². The van der Waals surface area contributed by atoms with Gasteiger partial charge < -0.3 is 9.30 Å². The molecule has 13 heavy (non-hydrogen) atoms. The predicted octanol–water partition coefficient (Wildman–Crippen LogP) is 1.53. The van der Waals surface area contributed by atoms with E-state index in [1.165, 1.54) is 11.8 Å². The van der Waals surface area contributed by atoms with Crippen molar-refractivity contribution >= 4 is 17.7 Å². The van der Waals surface area contributed by atoms with Gasteiger partial charge in [-0.1, -0.05) is 11.8 Å². The molecule has 1 N–H and O–H groups in total. The fourth-order valence-corrected chi connectivity index (χ4v) is 1.58. The van der Waals surface area contributed by atoms with Gasteiger partial charge in [0.25, 0.3) is 0 Å². The molecular formula is C8H13N3OS. The van der Waals surface area contributed by atoms with E-state index in [9.17, 15) is 0 Å². The van der Waals surface area contributed by atoms with E-state index in [0.717, 1.165) is 5.16 Å². The summed E-state index contributed by atoms with van der Waals surface area (Å²) >= 11 is 1.50. The first-order valence-electron chi connectivity index (χ1n) is 4.04. The third kappa shape index (κ3) is 3.10. The smallest absolute Gasteiger partial charge is 0.191 e. The van der Waals surface area contributed by atoms with Gasteiger partial charge in [-0.2, -0.15) is 0 Å². The number of rotatable bonds is 4. The Bertz CT molecular complexity index is 285. The molecule has 0 radical (unpaired) electrons. The van der Waals surface area contributed by atoms with E-state index >= 15 is 0 Å². The van der Waals surface area contributed by atoms with Crippen molar-refractivity contribution in [1.82, 2.24) is 9.55 Å². The van der Waals surface area contributed by atoms with Crippen LogP contribution in [0.3, 0.4) is 0 Å². The van der Waals surface area contributed by atoms with Gasteiger partial charge in [0.15, 0.2) is 11.1 Å². The lowest BCUT2D eigenvalue weighted by Gasteiger charge is -2.03. The standard InChI is InChI=1S/C8H13N3OS/c1-3-12-7(9)6-13-8-10-4-5-11(8)2/h4-5,9H,3,6H2,1-2H3. The van der Waals surface area contributed by atoms with Crippen LogP contribution >= 0.6 is 11.8 Å². The Balaban J connectivity index is 2.35. The van der Waals surface area contributed by atoms with Gasteiger partial charge >= 0.3 is 0 Å². The molecule has 5 heteroatoms. The summed E-state index contributed by atoms with van der Waals surface area (Å²) < 4.78 is 6.93. The summed E-state index contributed by atoms with van der Waals surface area (Å²) in [4.78, 5) is 4.12. The number of hydrogen-bond acceptors (Lipinski definition) is 4. The summed E-state index contributed by atoms with van der Waals surface area (Å²) in [7, 11) is 1.93. The number of hydrogen-bond donors (Lipinski definition) is 1. The van der Waals surface area contributed by atoms with Crippen LogP contribution in [0, 0.1) is 5.41 Å². The number of thioether (sulfide) groups is 1. The van der Waals surface area contributed by atoms with Gasteiger partial charge in [0.1, 0.15) is 0 Å². The van der Waals surface area contributed by atoms with Crippen molar-refractivity contribution in [2.24, 2.45) is 7.05 Å². The highest BCUT2D eigenvalue weighted by Crippen LogP contribution is 2.14. The van der Waals surface area contributed by atoms with Crippen molar-refractivity contribution in [3.63, 3.8) is 0 Å². The molecule has 0 spiro atoms. The third-order valence-electron chi connectivity index (χ3n) is 1.43. The van der Waals surface area contributed by atoms with Crippen LogP contribution in [0.1, 0.15) is 6.92 Å². The topological polar surface area (TPSA) is 50.9 Å². The zero-order valence-corrected chi connectivity index (χ0v) is 8.60. The Morgan fingerprint density at radius 1 is 1.77 bits per heavy atom. The van der Waals surface area contributed by atoms with Crippen LogP contribution in [0.5, 0.6) is 0 Å². The van der Waals surface area contributed by atoms with Crippen molar-refractivity contribution in [1.29, 1.82) is 5.41 Å². The zero-order valence-electron chi connectivity index (χ0n) is 7.78. The van der Waals surface area contributed by atoms with E-state index in [1.807, 2.05) is 24.7 Å². The average Bonchev–Trinajstić information content (AvgIpc) is 2.48. The van der Waals surface area contributed by atoms with Crippen molar-refractivity contribution < 1.29 is 4.74 Å². The monoisotopic (exact) mass is 199 g/mol. The molecule has 1 aromatic rings. The van der Waals surface area contributed by atoms with E-state index in [4.69, 9.17) is 10.1 Å². The molecule has 1 heterocycles. The maximum atomic E-state index is 7.38. The maximum absolute atomic E-state index is 7.38. The van der Waals surface area contributed by atoms with E-state index in [0.29, 0.717) is 18.3 Å². The zero-order chi connectivity index (χ0) is 9.68.